The van der Waals surface area contributed by atoms with E-state index in [-0.39, 0.29) is 19.5 Å². The molecule has 0 aliphatic carbocycles. The number of nitrogens with zero attached hydrogens (tertiary/aromatic N) is 7. The highest BCUT2D eigenvalue weighted by molar-refractivity contribution is 7.89. The molecule has 3 aromatic rings. The highest BCUT2D eigenvalue weighted by Gasteiger charge is 2.37. The molecule has 0 spiro atoms. The summed E-state index contributed by atoms with van der Waals surface area (Å²) in [6.07, 6.45) is 9.31. The number of aromatic nitrogens is 5. The second-order valence-electron chi connectivity index (χ2n) is 8.69. The lowest BCUT2D eigenvalue weighted by molar-refractivity contribution is -0.115. The summed E-state index contributed by atoms with van der Waals surface area (Å²) >= 11 is 0. The van der Waals surface area contributed by atoms with Crippen LogP contribution in [0.2, 0.25) is 0 Å². The Bertz CT molecular complexity index is 1360. The first-order chi connectivity index (χ1) is 18.4. The van der Waals surface area contributed by atoms with Crippen LogP contribution in [0, 0.1) is 11.8 Å². The zero-order valence-corrected chi connectivity index (χ0v) is 21.5. The van der Waals surface area contributed by atoms with Crippen molar-refractivity contribution in [2.24, 2.45) is 0 Å². The van der Waals surface area contributed by atoms with Gasteiger partial charge in [0, 0.05) is 63.6 Å². The largest absolute Gasteiger partial charge is 0.370 e. The second kappa shape index (κ2) is 12.5. The molecular formula is C25H28N8O4S. The third kappa shape index (κ3) is 7.51. The lowest BCUT2D eigenvalue weighted by atomic mass is 10.1. The molecule has 0 radical (unpaired) electrons. The van der Waals surface area contributed by atoms with Crippen molar-refractivity contribution in [1.82, 2.24) is 34.5 Å². The van der Waals surface area contributed by atoms with E-state index in [2.05, 4.69) is 42.1 Å². The monoisotopic (exact) mass is 536 g/mol. The van der Waals surface area contributed by atoms with Gasteiger partial charge in [0.1, 0.15) is 17.3 Å². The SMILES string of the molecule is O=CN[C@](O)(CCCc1ncccn1)CS(=O)(=O)N1CCN(c2ncc(C#Cc3ccccn3)cn2)CC1. The topological polar surface area (TPSA) is 154 Å². The van der Waals surface area contributed by atoms with Gasteiger partial charge in [0.25, 0.3) is 0 Å². The molecule has 1 aliphatic rings. The second-order valence-corrected chi connectivity index (χ2v) is 10.7. The van der Waals surface area contributed by atoms with Gasteiger partial charge < -0.3 is 15.3 Å². The van der Waals surface area contributed by atoms with Gasteiger partial charge in [-0.1, -0.05) is 12.0 Å². The molecule has 4 rings (SSSR count). The zero-order valence-electron chi connectivity index (χ0n) is 20.6. The van der Waals surface area contributed by atoms with E-state index in [9.17, 15) is 18.3 Å². The molecule has 13 heteroatoms. The Morgan fingerprint density at radius 1 is 0.974 bits per heavy atom. The molecule has 198 valence electrons. The van der Waals surface area contributed by atoms with E-state index in [0.29, 0.717) is 55.4 Å². The van der Waals surface area contributed by atoms with Crippen molar-refractivity contribution in [3.63, 3.8) is 0 Å². The number of aryl methyl sites for hydroxylation is 1. The maximum Gasteiger partial charge on any atom is 0.225 e. The molecule has 0 aromatic carbocycles. The quantitative estimate of drug-likeness (QED) is 0.205. The molecule has 0 bridgehead atoms. The molecule has 1 aliphatic heterocycles. The molecule has 1 atom stereocenters. The fourth-order valence-corrected chi connectivity index (χ4v) is 5.71. The Hall–Kier alpha value is -3.99. The first kappa shape index (κ1) is 27.1. The molecule has 3 aromatic heterocycles. The minimum atomic E-state index is -3.87. The summed E-state index contributed by atoms with van der Waals surface area (Å²) in [6, 6.07) is 7.18. The number of sulfonamides is 1. The van der Waals surface area contributed by atoms with Crippen LogP contribution in [0.25, 0.3) is 0 Å². The maximum absolute atomic E-state index is 13.1. The molecular weight excluding hydrogens is 508 g/mol. The van der Waals surface area contributed by atoms with Gasteiger partial charge in [-0.2, -0.15) is 4.31 Å². The molecule has 1 fully saturated rings. The number of nitrogens with one attached hydrogen (secondary N) is 1. The number of aliphatic hydroxyl groups is 1. The van der Waals surface area contributed by atoms with Gasteiger partial charge in [-0.3, -0.25) is 4.79 Å². The van der Waals surface area contributed by atoms with Gasteiger partial charge in [0.15, 0.2) is 5.72 Å². The molecule has 38 heavy (non-hydrogen) atoms. The van der Waals surface area contributed by atoms with Crippen molar-refractivity contribution in [2.45, 2.75) is 25.0 Å². The summed E-state index contributed by atoms with van der Waals surface area (Å²) in [5, 5.41) is 13.2. The fourth-order valence-electron chi connectivity index (χ4n) is 3.97. The Balaban J connectivity index is 1.31. The Kier molecular flexibility index (Phi) is 8.90. The molecule has 4 heterocycles. The van der Waals surface area contributed by atoms with Crippen LogP contribution in [0.3, 0.4) is 0 Å². The third-order valence-electron chi connectivity index (χ3n) is 5.91. The number of piperazine rings is 1. The molecule has 0 saturated carbocycles. The normalized spacial score (nSPS) is 15.7. The molecule has 2 N–H and O–H groups in total. The number of hydrogen-bond donors (Lipinski definition) is 2. The molecule has 1 amide bonds. The summed E-state index contributed by atoms with van der Waals surface area (Å²) in [5.74, 6) is 6.35. The summed E-state index contributed by atoms with van der Waals surface area (Å²) in [5.41, 5.74) is -0.613. The molecule has 0 unspecified atom stereocenters. The summed E-state index contributed by atoms with van der Waals surface area (Å²) in [6.45, 7) is 1.15. The van der Waals surface area contributed by atoms with Crippen LogP contribution in [-0.4, -0.2) is 86.8 Å². The lowest BCUT2D eigenvalue weighted by Crippen LogP contribution is -2.56. The van der Waals surface area contributed by atoms with Crippen molar-refractivity contribution in [3.8, 4) is 11.8 Å². The number of carbonyl (C=O) groups is 1. The zero-order chi connectivity index (χ0) is 26.8. The average Bonchev–Trinajstić information content (AvgIpc) is 2.93. The van der Waals surface area contributed by atoms with E-state index < -0.39 is 21.5 Å². The Morgan fingerprint density at radius 3 is 2.34 bits per heavy atom. The molecule has 1 saturated heterocycles. The third-order valence-corrected chi connectivity index (χ3v) is 7.91. The minimum absolute atomic E-state index is 0.0343. The van der Waals surface area contributed by atoms with Crippen molar-refractivity contribution >= 4 is 22.4 Å². The number of pyridine rings is 1. The number of hydrogen-bond acceptors (Lipinski definition) is 10. The standard InChI is InChI=1S/C25H28N8O4S/c34-20-31-25(35,9-3-6-23-27-11-4-12-28-23)19-38(36,37)33-15-13-32(14-16-33)24-29-17-21(18-30-24)7-8-22-5-1-2-10-26-22/h1-2,4-5,10-12,17-18,20,35H,3,6,9,13-16,19H2,(H,31,34)/t25-/m0/s1. The number of carbonyl (C=O) groups excluding carboxylic acids is 1. The summed E-state index contributed by atoms with van der Waals surface area (Å²) in [4.78, 5) is 34.1. The van der Waals surface area contributed by atoms with Gasteiger partial charge in [-0.15, -0.1) is 0 Å². The Labute approximate surface area is 221 Å². The van der Waals surface area contributed by atoms with Gasteiger partial charge in [-0.25, -0.2) is 33.3 Å². The fraction of sp³-hybridized carbons (Fsp3) is 0.360. The maximum atomic E-state index is 13.1. The first-order valence-corrected chi connectivity index (χ1v) is 13.7. The van der Waals surface area contributed by atoms with Crippen LogP contribution in [0.5, 0.6) is 0 Å². The van der Waals surface area contributed by atoms with Crippen molar-refractivity contribution < 1.29 is 18.3 Å². The van der Waals surface area contributed by atoms with E-state index in [0.717, 1.165) is 0 Å². The minimum Gasteiger partial charge on any atom is -0.370 e. The van der Waals surface area contributed by atoms with E-state index in [1.54, 1.807) is 37.1 Å². The van der Waals surface area contributed by atoms with Crippen molar-refractivity contribution in [1.29, 1.82) is 0 Å². The van der Waals surface area contributed by atoms with Gasteiger partial charge in [-0.05, 0) is 37.0 Å². The summed E-state index contributed by atoms with van der Waals surface area (Å²) in [7, 11) is -3.87. The Morgan fingerprint density at radius 2 is 1.68 bits per heavy atom. The number of amides is 1. The van der Waals surface area contributed by atoms with Crippen LogP contribution in [0.4, 0.5) is 5.95 Å². The predicted molar refractivity (Wildman–Crippen MR) is 139 cm³/mol. The van der Waals surface area contributed by atoms with E-state index >= 15 is 0 Å². The lowest BCUT2D eigenvalue weighted by Gasteiger charge is -2.36. The van der Waals surface area contributed by atoms with Gasteiger partial charge in [0.05, 0.1) is 5.56 Å². The van der Waals surface area contributed by atoms with Gasteiger partial charge >= 0.3 is 0 Å². The predicted octanol–water partition coefficient (Wildman–Crippen LogP) is -0.0293. The van der Waals surface area contributed by atoms with Crippen molar-refractivity contribution in [3.05, 3.63) is 72.3 Å². The smallest absolute Gasteiger partial charge is 0.225 e. The molecule has 12 nitrogen and oxygen atoms in total. The van der Waals surface area contributed by atoms with Crippen molar-refractivity contribution in [2.75, 3.05) is 36.8 Å². The first-order valence-electron chi connectivity index (χ1n) is 12.0. The van der Waals surface area contributed by atoms with Crippen LogP contribution in [0.1, 0.15) is 29.9 Å². The summed E-state index contributed by atoms with van der Waals surface area (Å²) < 4.78 is 27.5. The highest BCUT2D eigenvalue weighted by Crippen LogP contribution is 2.19. The van der Waals surface area contributed by atoms with E-state index in [1.165, 1.54) is 4.31 Å². The highest BCUT2D eigenvalue weighted by atomic mass is 32.2. The average molecular weight is 537 g/mol. The van der Waals surface area contributed by atoms with Crippen LogP contribution >= 0.6 is 0 Å². The van der Waals surface area contributed by atoms with E-state index in [4.69, 9.17) is 0 Å². The number of anilines is 1. The van der Waals surface area contributed by atoms with E-state index in [1.807, 2.05) is 23.1 Å². The van der Waals surface area contributed by atoms with Crippen LogP contribution in [-0.2, 0) is 21.2 Å². The van der Waals surface area contributed by atoms with Crippen LogP contribution in [0.15, 0.2) is 55.2 Å². The van der Waals surface area contributed by atoms with Crippen LogP contribution < -0.4 is 10.2 Å². The number of rotatable bonds is 10. The van der Waals surface area contributed by atoms with Gasteiger partial charge in [0.2, 0.25) is 22.4 Å².